The first-order chi connectivity index (χ1) is 10.5. The second-order valence-corrected chi connectivity index (χ2v) is 5.47. The van der Waals surface area contributed by atoms with Crippen LogP contribution in [0.1, 0.15) is 30.1 Å². The molecule has 1 fully saturated rings. The van der Waals surface area contributed by atoms with Gasteiger partial charge in [0.25, 0.3) is 5.91 Å². The van der Waals surface area contributed by atoms with Crippen LogP contribution in [-0.4, -0.2) is 48.7 Å². The number of ether oxygens (including phenoxy) is 2. The molecule has 0 heterocycles. The topological polar surface area (TPSA) is 76.1 Å². The Morgan fingerprint density at radius 3 is 2.50 bits per heavy atom. The highest BCUT2D eigenvalue weighted by atomic mass is 16.5. The number of carbonyl (C=O) groups excluding carboxylic acids is 1. The fraction of sp³-hybridized carbons (Fsp3) is 0.500. The molecule has 0 radical (unpaired) electrons. The van der Waals surface area contributed by atoms with Gasteiger partial charge >= 0.3 is 5.97 Å². The highest BCUT2D eigenvalue weighted by molar-refractivity contribution is 5.98. The number of methoxy groups -OCH3 is 2. The van der Waals surface area contributed by atoms with E-state index in [0.29, 0.717) is 17.1 Å². The summed E-state index contributed by atoms with van der Waals surface area (Å²) in [5, 5.41) is 9.09. The zero-order chi connectivity index (χ0) is 16.3. The molecule has 1 aromatic carbocycles. The number of carbonyl (C=O) groups is 2. The monoisotopic (exact) mass is 307 g/mol. The first-order valence-corrected chi connectivity index (χ1v) is 7.24. The van der Waals surface area contributed by atoms with Gasteiger partial charge in [-0.05, 0) is 25.0 Å². The minimum Gasteiger partial charge on any atom is -0.493 e. The van der Waals surface area contributed by atoms with E-state index < -0.39 is 11.9 Å². The van der Waals surface area contributed by atoms with Crippen molar-refractivity contribution in [1.82, 2.24) is 4.90 Å². The standard InChI is InChI=1S/C16H21NO5/c1-10(16(19)20)9-17(11-7-8-11)15(18)12-5-4-6-13(21-2)14(12)22-3/h4-6,10-11H,7-9H2,1-3H3,(H,19,20). The molecule has 0 aliphatic heterocycles. The molecule has 120 valence electrons. The van der Waals surface area contributed by atoms with Gasteiger partial charge in [0.15, 0.2) is 11.5 Å². The minimum atomic E-state index is -0.906. The Morgan fingerprint density at radius 2 is 2.00 bits per heavy atom. The van der Waals surface area contributed by atoms with Crippen LogP contribution in [0.4, 0.5) is 0 Å². The summed E-state index contributed by atoms with van der Waals surface area (Å²) in [6.45, 7) is 1.80. The number of para-hydroxylation sites is 1. The van der Waals surface area contributed by atoms with Crippen LogP contribution in [0.25, 0.3) is 0 Å². The second kappa shape index (κ2) is 6.68. The van der Waals surface area contributed by atoms with Crippen LogP contribution in [-0.2, 0) is 4.79 Å². The van der Waals surface area contributed by atoms with E-state index in [4.69, 9.17) is 14.6 Å². The number of hydrogen-bond donors (Lipinski definition) is 1. The van der Waals surface area contributed by atoms with Gasteiger partial charge in [-0.15, -0.1) is 0 Å². The van der Waals surface area contributed by atoms with E-state index in [1.54, 1.807) is 30.0 Å². The number of benzene rings is 1. The van der Waals surface area contributed by atoms with Gasteiger partial charge in [-0.25, -0.2) is 0 Å². The summed E-state index contributed by atoms with van der Waals surface area (Å²) >= 11 is 0. The number of aliphatic carboxylic acids is 1. The molecular formula is C16H21NO5. The third kappa shape index (κ3) is 3.32. The largest absolute Gasteiger partial charge is 0.493 e. The number of rotatable bonds is 7. The molecule has 1 amide bonds. The molecule has 1 saturated carbocycles. The number of carboxylic acids is 1. The fourth-order valence-electron chi connectivity index (χ4n) is 2.37. The molecule has 1 unspecified atom stereocenters. The van der Waals surface area contributed by atoms with Gasteiger partial charge in [0, 0.05) is 12.6 Å². The number of carboxylic acid groups (broad SMARTS) is 1. The molecule has 1 aliphatic rings. The molecule has 1 aliphatic carbocycles. The zero-order valence-corrected chi connectivity index (χ0v) is 13.0. The van der Waals surface area contributed by atoms with Crippen LogP contribution in [0, 0.1) is 5.92 Å². The minimum absolute atomic E-state index is 0.116. The van der Waals surface area contributed by atoms with E-state index in [2.05, 4.69) is 0 Å². The quantitative estimate of drug-likeness (QED) is 0.834. The van der Waals surface area contributed by atoms with E-state index in [0.717, 1.165) is 12.8 Å². The summed E-state index contributed by atoms with van der Waals surface area (Å²) < 4.78 is 10.5. The first-order valence-electron chi connectivity index (χ1n) is 7.24. The molecule has 1 atom stereocenters. The zero-order valence-electron chi connectivity index (χ0n) is 13.0. The van der Waals surface area contributed by atoms with Crippen molar-refractivity contribution in [3.63, 3.8) is 0 Å². The Bertz CT molecular complexity index is 568. The molecule has 2 rings (SSSR count). The summed E-state index contributed by atoms with van der Waals surface area (Å²) in [4.78, 5) is 25.5. The van der Waals surface area contributed by atoms with Gasteiger partial charge in [-0.1, -0.05) is 13.0 Å². The number of nitrogens with zero attached hydrogens (tertiary/aromatic N) is 1. The Morgan fingerprint density at radius 1 is 1.32 bits per heavy atom. The molecule has 6 heteroatoms. The van der Waals surface area contributed by atoms with Gasteiger partial charge in [-0.2, -0.15) is 0 Å². The van der Waals surface area contributed by atoms with Crippen molar-refractivity contribution in [2.24, 2.45) is 5.92 Å². The van der Waals surface area contributed by atoms with Gasteiger partial charge in [-0.3, -0.25) is 9.59 Å². The summed E-state index contributed by atoms with van der Waals surface area (Å²) in [5.74, 6) is -0.873. The van der Waals surface area contributed by atoms with Crippen LogP contribution in [0.2, 0.25) is 0 Å². The van der Waals surface area contributed by atoms with Gasteiger partial charge in [0.05, 0.1) is 25.7 Å². The second-order valence-electron chi connectivity index (χ2n) is 5.47. The van der Waals surface area contributed by atoms with Gasteiger partial charge in [0.1, 0.15) is 0 Å². The highest BCUT2D eigenvalue weighted by Gasteiger charge is 2.36. The molecule has 1 aromatic rings. The molecule has 0 bridgehead atoms. The maximum atomic E-state index is 12.8. The van der Waals surface area contributed by atoms with Crippen molar-refractivity contribution in [2.45, 2.75) is 25.8 Å². The lowest BCUT2D eigenvalue weighted by atomic mass is 10.1. The molecule has 6 nitrogen and oxygen atoms in total. The average molecular weight is 307 g/mol. The normalized spacial score (nSPS) is 15.0. The van der Waals surface area contributed by atoms with E-state index in [1.165, 1.54) is 14.2 Å². The Kier molecular flexibility index (Phi) is 4.90. The van der Waals surface area contributed by atoms with E-state index in [1.807, 2.05) is 0 Å². The van der Waals surface area contributed by atoms with Crippen LogP contribution >= 0.6 is 0 Å². The molecule has 0 saturated heterocycles. The summed E-state index contributed by atoms with van der Waals surface area (Å²) in [5.41, 5.74) is 0.395. The predicted molar refractivity (Wildman–Crippen MR) is 80.4 cm³/mol. The smallest absolute Gasteiger partial charge is 0.308 e. The molecule has 0 aromatic heterocycles. The fourth-order valence-corrected chi connectivity index (χ4v) is 2.37. The first kappa shape index (κ1) is 16.1. The molecule has 1 N–H and O–H groups in total. The van der Waals surface area contributed by atoms with Crippen molar-refractivity contribution in [2.75, 3.05) is 20.8 Å². The van der Waals surface area contributed by atoms with E-state index >= 15 is 0 Å². The summed E-state index contributed by atoms with van der Waals surface area (Å²) in [7, 11) is 2.99. The lowest BCUT2D eigenvalue weighted by Gasteiger charge is -2.25. The Labute approximate surface area is 129 Å². The van der Waals surface area contributed by atoms with E-state index in [9.17, 15) is 9.59 Å². The van der Waals surface area contributed by atoms with Crippen molar-refractivity contribution in [3.05, 3.63) is 23.8 Å². The van der Waals surface area contributed by atoms with Gasteiger partial charge in [0.2, 0.25) is 0 Å². The number of hydrogen-bond acceptors (Lipinski definition) is 4. The molecular weight excluding hydrogens is 286 g/mol. The SMILES string of the molecule is COc1cccc(C(=O)N(CC(C)C(=O)O)C2CC2)c1OC. The maximum absolute atomic E-state index is 12.8. The van der Waals surface area contributed by atoms with Crippen LogP contribution < -0.4 is 9.47 Å². The Hall–Kier alpha value is -2.24. The van der Waals surface area contributed by atoms with Crippen molar-refractivity contribution in [1.29, 1.82) is 0 Å². The number of amides is 1. The van der Waals surface area contributed by atoms with Crippen molar-refractivity contribution >= 4 is 11.9 Å². The van der Waals surface area contributed by atoms with Crippen molar-refractivity contribution < 1.29 is 24.2 Å². The van der Waals surface area contributed by atoms with Crippen LogP contribution in [0.15, 0.2) is 18.2 Å². The lowest BCUT2D eigenvalue weighted by molar-refractivity contribution is -0.141. The Balaban J connectivity index is 2.29. The summed E-state index contributed by atoms with van der Waals surface area (Å²) in [6, 6.07) is 5.23. The van der Waals surface area contributed by atoms with Crippen LogP contribution in [0.5, 0.6) is 11.5 Å². The molecule has 22 heavy (non-hydrogen) atoms. The molecule has 0 spiro atoms. The van der Waals surface area contributed by atoms with Crippen LogP contribution in [0.3, 0.4) is 0 Å². The predicted octanol–water partition coefficient (Wildman–Crippen LogP) is 2.03. The lowest BCUT2D eigenvalue weighted by Crippen LogP contribution is -2.38. The van der Waals surface area contributed by atoms with E-state index in [-0.39, 0.29) is 18.5 Å². The average Bonchev–Trinajstić information content (AvgIpc) is 3.35. The maximum Gasteiger partial charge on any atom is 0.308 e. The third-order valence-electron chi connectivity index (χ3n) is 3.77. The van der Waals surface area contributed by atoms with Gasteiger partial charge < -0.3 is 19.5 Å². The van der Waals surface area contributed by atoms with Crippen molar-refractivity contribution in [3.8, 4) is 11.5 Å². The highest BCUT2D eigenvalue weighted by Crippen LogP contribution is 2.35. The third-order valence-corrected chi connectivity index (χ3v) is 3.77. The summed E-state index contributed by atoms with van der Waals surface area (Å²) in [6.07, 6.45) is 1.81.